The molecule has 1 atom stereocenters. The molecule has 0 radical (unpaired) electrons. The number of hydrogen-bond acceptors (Lipinski definition) is 5. The third-order valence-corrected chi connectivity index (χ3v) is 9.96. The van der Waals surface area contributed by atoms with Crippen LogP contribution in [0.4, 0.5) is 5.69 Å². The van der Waals surface area contributed by atoms with Crippen LogP contribution >= 0.6 is 11.8 Å². The lowest BCUT2D eigenvalue weighted by molar-refractivity contribution is -0.140. The van der Waals surface area contributed by atoms with Crippen molar-refractivity contribution in [1.82, 2.24) is 10.2 Å². The Balaban J connectivity index is 1.79. The summed E-state index contributed by atoms with van der Waals surface area (Å²) in [7, 11) is -4.15. The molecule has 0 fully saturated rings. The first-order chi connectivity index (χ1) is 21.5. The van der Waals surface area contributed by atoms with Crippen molar-refractivity contribution in [3.63, 3.8) is 0 Å². The van der Waals surface area contributed by atoms with Gasteiger partial charge in [-0.1, -0.05) is 77.9 Å². The van der Waals surface area contributed by atoms with E-state index in [1.54, 1.807) is 36.4 Å². The van der Waals surface area contributed by atoms with Gasteiger partial charge in [-0.3, -0.25) is 13.9 Å². The summed E-state index contributed by atoms with van der Waals surface area (Å²) >= 11 is 1.51. The van der Waals surface area contributed by atoms with E-state index in [1.165, 1.54) is 16.7 Å². The molecule has 4 rings (SSSR count). The highest BCUT2D eigenvalue weighted by Crippen LogP contribution is 2.27. The van der Waals surface area contributed by atoms with Gasteiger partial charge in [-0.15, -0.1) is 11.8 Å². The molecule has 4 aromatic rings. The fraction of sp³-hybridized carbons (Fsp3) is 0.278. The number of sulfonamides is 1. The Morgan fingerprint density at radius 1 is 0.778 bits per heavy atom. The van der Waals surface area contributed by atoms with E-state index in [0.29, 0.717) is 5.69 Å². The molecule has 0 bridgehead atoms. The molecule has 0 aromatic heterocycles. The minimum atomic E-state index is -4.15. The standard InChI is InChI=1S/C36H41N3O4S2/c1-26(2)37-36(41)34(23-29-9-7-6-8-10-29)38(24-30-15-11-27(3)12-16-30)35(40)25-39(31-17-13-28(4)14-18-31)45(42,43)33-21-19-32(44-5)20-22-33/h6-22,26,34H,23-25H2,1-5H3,(H,37,41)/t34-/m0/s1. The van der Waals surface area contributed by atoms with Crippen LogP contribution in [0.3, 0.4) is 0 Å². The van der Waals surface area contributed by atoms with E-state index in [1.807, 2.05) is 101 Å². The molecule has 0 aliphatic heterocycles. The molecule has 0 spiro atoms. The van der Waals surface area contributed by atoms with Crippen molar-refractivity contribution in [2.24, 2.45) is 0 Å². The van der Waals surface area contributed by atoms with Crippen LogP contribution in [0.2, 0.25) is 0 Å². The van der Waals surface area contributed by atoms with E-state index < -0.39 is 28.5 Å². The molecule has 0 unspecified atom stereocenters. The number of aryl methyl sites for hydroxylation is 2. The first kappa shape index (κ1) is 33.8. The average Bonchev–Trinajstić information content (AvgIpc) is 3.03. The highest BCUT2D eigenvalue weighted by molar-refractivity contribution is 7.98. The molecule has 236 valence electrons. The van der Waals surface area contributed by atoms with Gasteiger partial charge in [-0.05, 0) is 81.5 Å². The van der Waals surface area contributed by atoms with Crippen molar-refractivity contribution in [1.29, 1.82) is 0 Å². The summed E-state index contributed by atoms with van der Waals surface area (Å²) in [5.41, 5.74) is 4.12. The molecule has 7 nitrogen and oxygen atoms in total. The summed E-state index contributed by atoms with van der Waals surface area (Å²) in [5, 5.41) is 2.98. The SMILES string of the molecule is CSc1ccc(S(=O)(=O)N(CC(=O)N(Cc2ccc(C)cc2)[C@@H](Cc2ccccc2)C(=O)NC(C)C)c2ccc(C)cc2)cc1. The lowest BCUT2D eigenvalue weighted by Crippen LogP contribution is -2.54. The quantitative estimate of drug-likeness (QED) is 0.171. The van der Waals surface area contributed by atoms with Crippen LogP contribution in [0.1, 0.15) is 36.1 Å². The van der Waals surface area contributed by atoms with Crippen molar-refractivity contribution in [2.75, 3.05) is 17.1 Å². The minimum Gasteiger partial charge on any atom is -0.352 e. The van der Waals surface area contributed by atoms with Gasteiger partial charge in [0, 0.05) is 23.9 Å². The summed E-state index contributed by atoms with van der Waals surface area (Å²) in [4.78, 5) is 30.8. The summed E-state index contributed by atoms with van der Waals surface area (Å²) in [6, 6.07) is 29.9. The molecular formula is C36H41N3O4S2. The maximum atomic E-state index is 14.5. The van der Waals surface area contributed by atoms with E-state index in [2.05, 4.69) is 5.32 Å². The molecule has 1 N–H and O–H groups in total. The van der Waals surface area contributed by atoms with Gasteiger partial charge >= 0.3 is 0 Å². The lowest BCUT2D eigenvalue weighted by atomic mass is 10.0. The van der Waals surface area contributed by atoms with Gasteiger partial charge < -0.3 is 10.2 Å². The van der Waals surface area contributed by atoms with Crippen LogP contribution < -0.4 is 9.62 Å². The molecule has 9 heteroatoms. The number of nitrogens with one attached hydrogen (secondary N) is 1. The van der Waals surface area contributed by atoms with Gasteiger partial charge in [0.1, 0.15) is 12.6 Å². The number of benzene rings is 4. The number of nitrogens with zero attached hydrogens (tertiary/aromatic N) is 2. The third kappa shape index (κ3) is 8.99. The zero-order valence-electron chi connectivity index (χ0n) is 26.4. The van der Waals surface area contributed by atoms with E-state index in [0.717, 1.165) is 31.5 Å². The molecule has 0 heterocycles. The van der Waals surface area contributed by atoms with Crippen LogP contribution in [0.15, 0.2) is 113 Å². The van der Waals surface area contributed by atoms with Crippen molar-refractivity contribution < 1.29 is 18.0 Å². The van der Waals surface area contributed by atoms with Crippen LogP contribution in [0, 0.1) is 13.8 Å². The molecule has 45 heavy (non-hydrogen) atoms. The van der Waals surface area contributed by atoms with Gasteiger partial charge in [-0.25, -0.2) is 8.42 Å². The zero-order chi connectivity index (χ0) is 32.6. The van der Waals surface area contributed by atoms with E-state index in [4.69, 9.17) is 0 Å². The van der Waals surface area contributed by atoms with Gasteiger partial charge in [0.15, 0.2) is 0 Å². The van der Waals surface area contributed by atoms with E-state index >= 15 is 0 Å². The Kier molecular flexibility index (Phi) is 11.5. The molecule has 0 aliphatic carbocycles. The van der Waals surface area contributed by atoms with Crippen LogP contribution in [-0.4, -0.2) is 50.0 Å². The number of carbonyl (C=O) groups is 2. The van der Waals surface area contributed by atoms with Crippen molar-refractivity contribution >= 4 is 39.3 Å². The van der Waals surface area contributed by atoms with Gasteiger partial charge in [0.25, 0.3) is 10.0 Å². The number of anilines is 1. The number of hydrogen-bond donors (Lipinski definition) is 1. The van der Waals surface area contributed by atoms with E-state index in [9.17, 15) is 18.0 Å². The summed E-state index contributed by atoms with van der Waals surface area (Å²) in [5.74, 6) is -0.785. The predicted molar refractivity (Wildman–Crippen MR) is 183 cm³/mol. The fourth-order valence-electron chi connectivity index (χ4n) is 4.94. The minimum absolute atomic E-state index is 0.0807. The first-order valence-electron chi connectivity index (χ1n) is 14.9. The first-order valence-corrected chi connectivity index (χ1v) is 17.6. The molecule has 4 aromatic carbocycles. The Morgan fingerprint density at radius 2 is 1.36 bits per heavy atom. The Labute approximate surface area is 271 Å². The van der Waals surface area contributed by atoms with Crippen molar-refractivity contribution in [3.8, 4) is 0 Å². The average molecular weight is 644 g/mol. The fourth-order valence-corrected chi connectivity index (χ4v) is 6.76. The highest BCUT2D eigenvalue weighted by atomic mass is 32.2. The van der Waals surface area contributed by atoms with Crippen LogP contribution in [-0.2, 0) is 32.6 Å². The van der Waals surface area contributed by atoms with E-state index in [-0.39, 0.29) is 29.8 Å². The van der Waals surface area contributed by atoms with Crippen molar-refractivity contribution in [2.45, 2.75) is 62.5 Å². The molecule has 0 saturated carbocycles. The monoisotopic (exact) mass is 643 g/mol. The predicted octanol–water partition coefficient (Wildman–Crippen LogP) is 6.39. The second-order valence-corrected chi connectivity index (χ2v) is 14.1. The summed E-state index contributed by atoms with van der Waals surface area (Å²) < 4.78 is 29.5. The number of thioether (sulfide) groups is 1. The summed E-state index contributed by atoms with van der Waals surface area (Å²) in [6.45, 7) is 7.29. The molecular weight excluding hydrogens is 603 g/mol. The Morgan fingerprint density at radius 3 is 1.91 bits per heavy atom. The number of rotatable bonds is 13. The van der Waals surface area contributed by atoms with Crippen molar-refractivity contribution in [3.05, 3.63) is 125 Å². The van der Waals surface area contributed by atoms with Gasteiger partial charge in [-0.2, -0.15) is 0 Å². The van der Waals surface area contributed by atoms with Crippen LogP contribution in [0.5, 0.6) is 0 Å². The molecule has 0 aliphatic rings. The van der Waals surface area contributed by atoms with Gasteiger partial charge in [0.05, 0.1) is 10.6 Å². The number of carbonyl (C=O) groups excluding carboxylic acids is 2. The lowest BCUT2D eigenvalue weighted by Gasteiger charge is -2.34. The second-order valence-electron chi connectivity index (χ2n) is 11.4. The maximum Gasteiger partial charge on any atom is 0.264 e. The normalized spacial score (nSPS) is 12.0. The van der Waals surface area contributed by atoms with Crippen LogP contribution in [0.25, 0.3) is 0 Å². The zero-order valence-corrected chi connectivity index (χ0v) is 28.1. The maximum absolute atomic E-state index is 14.5. The third-order valence-electron chi connectivity index (χ3n) is 7.42. The molecule has 2 amide bonds. The largest absolute Gasteiger partial charge is 0.352 e. The summed E-state index contributed by atoms with van der Waals surface area (Å²) in [6.07, 6.45) is 2.19. The van der Waals surface area contributed by atoms with Gasteiger partial charge in [0.2, 0.25) is 11.8 Å². The molecule has 0 saturated heterocycles. The smallest absolute Gasteiger partial charge is 0.264 e. The highest BCUT2D eigenvalue weighted by Gasteiger charge is 2.34. The Hall–Kier alpha value is -4.08. The Bertz CT molecular complexity index is 1670. The topological polar surface area (TPSA) is 86.8 Å². The second kappa shape index (κ2) is 15.3. The number of amides is 2.